The predicted octanol–water partition coefficient (Wildman–Crippen LogP) is 4.46. The Hall–Kier alpha value is -4.52. The lowest BCUT2D eigenvalue weighted by Gasteiger charge is -2.50. The van der Waals surface area contributed by atoms with E-state index in [2.05, 4.69) is 38.5 Å². The van der Waals surface area contributed by atoms with E-state index >= 15 is 4.39 Å². The fraction of sp³-hybridized carbons (Fsp3) is 0.447. The lowest BCUT2D eigenvalue weighted by Crippen LogP contribution is -2.63. The maximum atomic E-state index is 15.4. The number of pyridine rings is 2. The molecule has 3 aliphatic heterocycles. The van der Waals surface area contributed by atoms with Crippen LogP contribution < -0.4 is 20.7 Å². The number of aliphatic hydroxyl groups excluding tert-OH is 1. The van der Waals surface area contributed by atoms with Gasteiger partial charge in [-0.25, -0.2) is 9.37 Å². The summed E-state index contributed by atoms with van der Waals surface area (Å²) in [6.07, 6.45) is 7.60. The van der Waals surface area contributed by atoms with E-state index in [-0.39, 0.29) is 17.2 Å². The Labute approximate surface area is 290 Å². The smallest absolute Gasteiger partial charge is 0.274 e. The van der Waals surface area contributed by atoms with Crippen molar-refractivity contribution in [3.8, 4) is 11.1 Å². The van der Waals surface area contributed by atoms with Crippen LogP contribution in [0.5, 0.6) is 0 Å². The van der Waals surface area contributed by atoms with Crippen molar-refractivity contribution < 1.29 is 19.0 Å². The van der Waals surface area contributed by atoms with Gasteiger partial charge in [0.1, 0.15) is 23.0 Å². The number of amides is 1. The number of nitrogens with zero attached hydrogens (tertiary/aromatic N) is 6. The molecule has 4 aliphatic rings. The molecule has 2 saturated heterocycles. The third-order valence-corrected chi connectivity index (χ3v) is 11.0. The maximum absolute atomic E-state index is 15.4. The number of benzene rings is 1. The molecule has 4 aromatic rings. The van der Waals surface area contributed by atoms with Gasteiger partial charge >= 0.3 is 0 Å². The summed E-state index contributed by atoms with van der Waals surface area (Å²) in [5.41, 5.74) is 5.75. The Morgan fingerprint density at radius 3 is 2.58 bits per heavy atom. The number of aromatic nitrogens is 3. The van der Waals surface area contributed by atoms with Gasteiger partial charge in [0.25, 0.3) is 11.5 Å². The molecule has 2 N–H and O–H groups in total. The molecule has 1 aromatic carbocycles. The van der Waals surface area contributed by atoms with E-state index in [1.54, 1.807) is 24.2 Å². The second kappa shape index (κ2) is 13.0. The zero-order chi connectivity index (χ0) is 34.7. The first kappa shape index (κ1) is 32.7. The molecular weight excluding hydrogens is 637 g/mol. The minimum atomic E-state index is -0.536. The van der Waals surface area contributed by atoms with Crippen molar-refractivity contribution in [3.63, 3.8) is 0 Å². The Kier molecular flexibility index (Phi) is 8.48. The highest BCUT2D eigenvalue weighted by Crippen LogP contribution is 2.37. The van der Waals surface area contributed by atoms with Gasteiger partial charge in [-0.3, -0.25) is 14.5 Å². The Morgan fingerprint density at radius 2 is 1.84 bits per heavy atom. The summed E-state index contributed by atoms with van der Waals surface area (Å²) in [6.45, 7) is 8.48. The van der Waals surface area contributed by atoms with E-state index in [1.807, 2.05) is 24.4 Å². The predicted molar refractivity (Wildman–Crippen MR) is 191 cm³/mol. The molecular formula is C38H44FN7O4. The lowest BCUT2D eigenvalue weighted by atomic mass is 9.97. The van der Waals surface area contributed by atoms with Crippen molar-refractivity contribution in [2.24, 2.45) is 7.05 Å². The number of piperazine rings is 1. The van der Waals surface area contributed by atoms with E-state index in [9.17, 15) is 14.7 Å². The molecule has 0 bridgehead atoms. The van der Waals surface area contributed by atoms with Gasteiger partial charge in [0, 0.05) is 68.3 Å². The summed E-state index contributed by atoms with van der Waals surface area (Å²) in [7, 11) is 1.63. The molecule has 12 heteroatoms. The van der Waals surface area contributed by atoms with Crippen molar-refractivity contribution in [2.75, 3.05) is 48.0 Å². The van der Waals surface area contributed by atoms with Crippen LogP contribution in [-0.4, -0.2) is 81.0 Å². The monoisotopic (exact) mass is 681 g/mol. The van der Waals surface area contributed by atoms with Crippen LogP contribution in [0.2, 0.25) is 0 Å². The van der Waals surface area contributed by atoms with Crippen LogP contribution in [0.25, 0.3) is 11.1 Å². The molecule has 1 aliphatic carbocycles. The molecule has 6 heterocycles. The number of aryl methyl sites for hydroxylation is 2. The number of halogens is 1. The number of anilines is 4. The summed E-state index contributed by atoms with van der Waals surface area (Å²) in [4.78, 5) is 38.3. The number of hydrogen-bond acceptors (Lipinski definition) is 8. The molecule has 0 radical (unpaired) electrons. The zero-order valence-corrected chi connectivity index (χ0v) is 28.9. The van der Waals surface area contributed by atoms with Gasteiger partial charge in [0.2, 0.25) is 0 Å². The number of aliphatic hydroxyl groups is 1. The molecule has 262 valence electrons. The van der Waals surface area contributed by atoms with Crippen LogP contribution in [-0.2, 0) is 37.8 Å². The number of ether oxygens (including phenoxy) is 1. The fourth-order valence-corrected chi connectivity index (χ4v) is 8.31. The van der Waals surface area contributed by atoms with Gasteiger partial charge in [0.15, 0.2) is 0 Å². The van der Waals surface area contributed by atoms with E-state index in [0.29, 0.717) is 65.1 Å². The lowest BCUT2D eigenvalue weighted by molar-refractivity contribution is -0.0828. The Balaban J connectivity index is 1.06. The minimum Gasteiger partial charge on any atom is -0.392 e. The number of hydrogen-bond donors (Lipinski definition) is 2. The van der Waals surface area contributed by atoms with Crippen molar-refractivity contribution in [1.29, 1.82) is 0 Å². The molecule has 0 saturated carbocycles. The Bertz CT molecular complexity index is 2000. The van der Waals surface area contributed by atoms with Crippen LogP contribution in [0.15, 0.2) is 53.6 Å². The van der Waals surface area contributed by atoms with E-state index in [1.165, 1.54) is 28.0 Å². The highest BCUT2D eigenvalue weighted by atomic mass is 19.1. The first-order chi connectivity index (χ1) is 24.2. The summed E-state index contributed by atoms with van der Waals surface area (Å²) in [5.74, 6) is -0.236. The summed E-state index contributed by atoms with van der Waals surface area (Å²) >= 11 is 0. The fourth-order valence-electron chi connectivity index (χ4n) is 8.31. The number of carbonyl (C=O) groups excluding carboxylic acids is 1. The normalized spacial score (nSPS) is 21.2. The van der Waals surface area contributed by atoms with Crippen molar-refractivity contribution in [2.45, 2.75) is 70.8 Å². The van der Waals surface area contributed by atoms with Crippen LogP contribution >= 0.6 is 0 Å². The zero-order valence-electron chi connectivity index (χ0n) is 28.9. The first-order valence-electron chi connectivity index (χ1n) is 17.7. The van der Waals surface area contributed by atoms with Crippen LogP contribution in [0.3, 0.4) is 0 Å². The molecule has 2 unspecified atom stereocenters. The topological polar surface area (TPSA) is 108 Å². The van der Waals surface area contributed by atoms with Crippen LogP contribution in [0, 0.1) is 5.82 Å². The molecule has 50 heavy (non-hydrogen) atoms. The van der Waals surface area contributed by atoms with E-state index < -0.39 is 12.4 Å². The SMILES string of the molecule is CC1CN(C2COC2)C(C)CN1c1ccc(Nc2cc(-c3cc(F)cc(N4CCn5c(cc6c5CCCC6)C4=O)c3CO)cn(C)c2=O)nc1. The first-order valence-corrected chi connectivity index (χ1v) is 17.7. The van der Waals surface area contributed by atoms with E-state index in [4.69, 9.17) is 4.74 Å². The number of nitrogens with one attached hydrogen (secondary N) is 1. The third kappa shape index (κ3) is 5.69. The summed E-state index contributed by atoms with van der Waals surface area (Å²) < 4.78 is 24.4. The molecule has 2 atom stereocenters. The van der Waals surface area contributed by atoms with Crippen LogP contribution in [0.1, 0.15) is 54.0 Å². The second-order valence-corrected chi connectivity index (χ2v) is 14.2. The average molecular weight is 682 g/mol. The minimum absolute atomic E-state index is 0.201. The Morgan fingerprint density at radius 1 is 1.02 bits per heavy atom. The number of fused-ring (bicyclic) bond motifs is 3. The number of carbonyl (C=O) groups is 1. The molecule has 11 nitrogen and oxygen atoms in total. The average Bonchev–Trinajstić information content (AvgIpc) is 3.47. The molecule has 0 spiro atoms. The highest BCUT2D eigenvalue weighted by molar-refractivity contribution is 6.07. The van der Waals surface area contributed by atoms with Crippen molar-refractivity contribution in [1.82, 2.24) is 19.0 Å². The third-order valence-electron chi connectivity index (χ3n) is 11.0. The van der Waals surface area contributed by atoms with Gasteiger partial charge in [0.05, 0.1) is 43.4 Å². The molecule has 8 rings (SSSR count). The molecule has 2 fully saturated rings. The maximum Gasteiger partial charge on any atom is 0.274 e. The van der Waals surface area contributed by atoms with Gasteiger partial charge in [-0.1, -0.05) is 0 Å². The second-order valence-electron chi connectivity index (χ2n) is 14.2. The quantitative estimate of drug-likeness (QED) is 0.295. The van der Waals surface area contributed by atoms with Gasteiger partial charge in [-0.05, 0) is 87.1 Å². The molecule has 1 amide bonds. The summed E-state index contributed by atoms with van der Waals surface area (Å²) in [6, 6.07) is 11.4. The van der Waals surface area contributed by atoms with Gasteiger partial charge < -0.3 is 34.1 Å². The largest absolute Gasteiger partial charge is 0.392 e. The highest BCUT2D eigenvalue weighted by Gasteiger charge is 2.37. The van der Waals surface area contributed by atoms with Crippen molar-refractivity contribution in [3.05, 3.63) is 87.5 Å². The molecule has 3 aromatic heterocycles. The van der Waals surface area contributed by atoms with Gasteiger partial charge in [-0.15, -0.1) is 0 Å². The van der Waals surface area contributed by atoms with Crippen molar-refractivity contribution >= 4 is 28.8 Å². The van der Waals surface area contributed by atoms with Crippen LogP contribution in [0.4, 0.5) is 27.3 Å². The number of rotatable bonds is 7. The van der Waals surface area contributed by atoms with E-state index in [0.717, 1.165) is 57.7 Å². The standard InChI is InChI=1S/C38H44FN7O4/c1-23-18-46(29-21-50-22-29)24(2)17-45(23)28-8-9-36(40-16-28)41-32-12-26(19-42(3)37(32)48)30-14-27(39)15-34(31(30)20-47)44-11-10-43-33-7-5-4-6-25(33)13-35(43)38(44)49/h8-9,12-16,19,23-24,29,47H,4-7,10-11,17-18,20-22H2,1-3H3,(H,40,41). The summed E-state index contributed by atoms with van der Waals surface area (Å²) in [5, 5.41) is 13.9. The van der Waals surface area contributed by atoms with Gasteiger partial charge in [-0.2, -0.15) is 0 Å².